The van der Waals surface area contributed by atoms with Crippen molar-refractivity contribution in [3.63, 3.8) is 0 Å². The largest absolute Gasteiger partial charge is 0.345 e. The number of H-pyrrole nitrogens is 1. The highest BCUT2D eigenvalue weighted by atomic mass is 31.2. The molecule has 180 valence electrons. The SMILES string of the molecule is CCOP(C)(=O)c1ccc([C@H](NC(=O)c2cnc(-n3cccn3)[nH]c2=O)C2CCCCC2)cc1. The van der Waals surface area contributed by atoms with Gasteiger partial charge in [-0.2, -0.15) is 5.10 Å². The molecule has 1 aromatic carbocycles. The standard InChI is InChI=1S/C24H30N5O4P/c1-3-33-34(2,32)19-12-10-18(11-13-19)21(17-8-5-4-6-9-17)27-22(30)20-16-25-24(28-23(20)31)29-15-7-14-26-29/h7,10-17,21H,3-6,8-9H2,1-2H3,(H,27,30)(H,25,28,31)/t21-,34?/m1/s1. The number of hydrogen-bond acceptors (Lipinski definition) is 6. The first-order valence-corrected chi connectivity index (χ1v) is 13.7. The Balaban J connectivity index is 1.59. The van der Waals surface area contributed by atoms with Crippen molar-refractivity contribution in [3.8, 4) is 5.95 Å². The molecule has 9 nitrogen and oxygen atoms in total. The van der Waals surface area contributed by atoms with Crippen LogP contribution in [-0.4, -0.2) is 38.9 Å². The lowest BCUT2D eigenvalue weighted by Gasteiger charge is -2.31. The summed E-state index contributed by atoms with van der Waals surface area (Å²) < 4.78 is 19.6. The minimum Gasteiger partial charge on any atom is -0.345 e. The Hall–Kier alpha value is -3.03. The fourth-order valence-electron chi connectivity index (χ4n) is 4.49. The van der Waals surface area contributed by atoms with Crippen LogP contribution < -0.4 is 16.2 Å². The quantitative estimate of drug-likeness (QED) is 0.473. The number of aromatic nitrogens is 4. The highest BCUT2D eigenvalue weighted by Gasteiger charge is 2.28. The van der Waals surface area contributed by atoms with Crippen molar-refractivity contribution in [1.29, 1.82) is 0 Å². The van der Waals surface area contributed by atoms with E-state index in [0.29, 0.717) is 11.9 Å². The third kappa shape index (κ3) is 5.37. The number of nitrogens with zero attached hydrogens (tertiary/aromatic N) is 3. The average Bonchev–Trinajstić information content (AvgIpc) is 3.38. The Kier molecular flexibility index (Phi) is 7.44. The van der Waals surface area contributed by atoms with Gasteiger partial charge in [-0.15, -0.1) is 0 Å². The van der Waals surface area contributed by atoms with Gasteiger partial charge in [-0.1, -0.05) is 31.4 Å². The zero-order valence-electron chi connectivity index (χ0n) is 19.4. The number of amides is 1. The van der Waals surface area contributed by atoms with Gasteiger partial charge in [0.15, 0.2) is 0 Å². The van der Waals surface area contributed by atoms with Crippen LogP contribution in [0.4, 0.5) is 0 Å². The van der Waals surface area contributed by atoms with Crippen molar-refractivity contribution in [2.45, 2.75) is 45.1 Å². The summed E-state index contributed by atoms with van der Waals surface area (Å²) in [7, 11) is -2.88. The van der Waals surface area contributed by atoms with E-state index in [1.807, 2.05) is 19.1 Å². The molecule has 0 bridgehead atoms. The van der Waals surface area contributed by atoms with Gasteiger partial charge in [0.25, 0.3) is 11.5 Å². The van der Waals surface area contributed by atoms with Crippen molar-refractivity contribution in [3.05, 3.63) is 70.4 Å². The number of aromatic amines is 1. The van der Waals surface area contributed by atoms with E-state index in [1.54, 1.807) is 37.3 Å². The molecule has 1 saturated carbocycles. The molecule has 1 aliphatic rings. The Morgan fingerprint density at radius 1 is 1.26 bits per heavy atom. The zero-order chi connectivity index (χ0) is 24.1. The zero-order valence-corrected chi connectivity index (χ0v) is 20.3. The smallest absolute Gasteiger partial charge is 0.265 e. The first-order chi connectivity index (χ1) is 16.4. The molecule has 0 aliphatic heterocycles. The van der Waals surface area contributed by atoms with E-state index in [-0.39, 0.29) is 23.5 Å². The number of rotatable bonds is 8. The molecule has 1 aliphatic carbocycles. The fourth-order valence-corrected chi connectivity index (χ4v) is 5.82. The summed E-state index contributed by atoms with van der Waals surface area (Å²) in [6, 6.07) is 8.85. The summed E-state index contributed by atoms with van der Waals surface area (Å²) in [5.41, 5.74) is 0.333. The lowest BCUT2D eigenvalue weighted by molar-refractivity contribution is 0.0910. The van der Waals surface area contributed by atoms with Gasteiger partial charge in [0.05, 0.1) is 12.6 Å². The number of carbonyl (C=O) groups is 1. The van der Waals surface area contributed by atoms with E-state index in [2.05, 4.69) is 20.4 Å². The lowest BCUT2D eigenvalue weighted by atomic mass is 9.81. The molecule has 2 atom stereocenters. The summed E-state index contributed by atoms with van der Waals surface area (Å²) >= 11 is 0. The van der Waals surface area contributed by atoms with Crippen LogP contribution in [0.15, 0.2) is 53.7 Å². The second-order valence-corrected chi connectivity index (χ2v) is 11.1. The molecule has 0 spiro atoms. The molecule has 2 aromatic heterocycles. The van der Waals surface area contributed by atoms with Gasteiger partial charge < -0.3 is 9.84 Å². The molecule has 1 amide bonds. The van der Waals surface area contributed by atoms with Crippen LogP contribution in [0, 0.1) is 5.92 Å². The molecular weight excluding hydrogens is 453 g/mol. The van der Waals surface area contributed by atoms with Gasteiger partial charge in [-0.05, 0) is 49.4 Å². The van der Waals surface area contributed by atoms with Gasteiger partial charge in [-0.3, -0.25) is 19.1 Å². The predicted octanol–water partition coefficient (Wildman–Crippen LogP) is 3.58. The van der Waals surface area contributed by atoms with E-state index in [1.165, 1.54) is 17.3 Å². The van der Waals surface area contributed by atoms with Crippen LogP contribution in [-0.2, 0) is 9.09 Å². The van der Waals surface area contributed by atoms with Crippen LogP contribution in [0.3, 0.4) is 0 Å². The number of hydrogen-bond donors (Lipinski definition) is 2. The molecule has 3 aromatic rings. The predicted molar refractivity (Wildman–Crippen MR) is 130 cm³/mol. The number of benzene rings is 1. The van der Waals surface area contributed by atoms with Gasteiger partial charge in [-0.25, -0.2) is 9.67 Å². The van der Waals surface area contributed by atoms with E-state index < -0.39 is 18.8 Å². The minimum atomic E-state index is -2.88. The molecule has 2 heterocycles. The maximum absolute atomic E-state index is 13.1. The average molecular weight is 484 g/mol. The molecule has 4 rings (SSSR count). The van der Waals surface area contributed by atoms with E-state index >= 15 is 0 Å². The lowest BCUT2D eigenvalue weighted by Crippen LogP contribution is -2.37. The Morgan fingerprint density at radius 3 is 2.62 bits per heavy atom. The van der Waals surface area contributed by atoms with Crippen molar-refractivity contribution in [2.75, 3.05) is 13.3 Å². The molecule has 2 N–H and O–H groups in total. The third-order valence-electron chi connectivity index (χ3n) is 6.26. The first-order valence-electron chi connectivity index (χ1n) is 11.6. The second-order valence-electron chi connectivity index (χ2n) is 8.60. The van der Waals surface area contributed by atoms with E-state index in [9.17, 15) is 14.2 Å². The topological polar surface area (TPSA) is 119 Å². The van der Waals surface area contributed by atoms with Crippen molar-refractivity contribution >= 4 is 18.6 Å². The second kappa shape index (κ2) is 10.5. The number of carbonyl (C=O) groups excluding carboxylic acids is 1. The van der Waals surface area contributed by atoms with Crippen molar-refractivity contribution in [1.82, 2.24) is 25.1 Å². The molecule has 10 heteroatoms. The maximum Gasteiger partial charge on any atom is 0.265 e. The summed E-state index contributed by atoms with van der Waals surface area (Å²) in [6.07, 6.45) is 9.88. The molecule has 1 fully saturated rings. The summed E-state index contributed by atoms with van der Waals surface area (Å²) in [5.74, 6) is 0.0134. The molecule has 34 heavy (non-hydrogen) atoms. The van der Waals surface area contributed by atoms with Gasteiger partial charge >= 0.3 is 0 Å². The molecule has 0 radical (unpaired) electrons. The monoisotopic (exact) mass is 483 g/mol. The Morgan fingerprint density at radius 2 is 2.00 bits per heavy atom. The summed E-state index contributed by atoms with van der Waals surface area (Å²) in [5, 5.41) is 7.76. The van der Waals surface area contributed by atoms with Gasteiger partial charge in [0.1, 0.15) is 5.56 Å². The highest BCUT2D eigenvalue weighted by Crippen LogP contribution is 2.41. The third-order valence-corrected chi connectivity index (χ3v) is 8.24. The van der Waals surface area contributed by atoms with Gasteiger partial charge in [0.2, 0.25) is 13.3 Å². The van der Waals surface area contributed by atoms with Crippen molar-refractivity contribution in [2.24, 2.45) is 5.92 Å². The Labute approximate surface area is 198 Å². The van der Waals surface area contributed by atoms with Crippen LogP contribution in [0.1, 0.15) is 61.0 Å². The summed E-state index contributed by atoms with van der Waals surface area (Å²) in [4.78, 5) is 32.6. The molecule has 1 unspecified atom stereocenters. The van der Waals surface area contributed by atoms with Crippen LogP contribution in [0.25, 0.3) is 5.95 Å². The summed E-state index contributed by atoms with van der Waals surface area (Å²) in [6.45, 7) is 3.80. The highest BCUT2D eigenvalue weighted by molar-refractivity contribution is 7.66. The van der Waals surface area contributed by atoms with Crippen LogP contribution in [0.5, 0.6) is 0 Å². The van der Waals surface area contributed by atoms with E-state index in [4.69, 9.17) is 4.52 Å². The normalized spacial score (nSPS) is 17.1. The first kappa shape index (κ1) is 24.1. The van der Waals surface area contributed by atoms with E-state index in [0.717, 1.165) is 31.2 Å². The number of nitrogens with one attached hydrogen (secondary N) is 2. The van der Waals surface area contributed by atoms with Crippen LogP contribution >= 0.6 is 7.37 Å². The molecule has 0 saturated heterocycles. The molecular formula is C24H30N5O4P. The minimum absolute atomic E-state index is 0.0530. The van der Waals surface area contributed by atoms with Crippen LogP contribution in [0.2, 0.25) is 0 Å². The maximum atomic E-state index is 13.1. The fraction of sp³-hybridized carbons (Fsp3) is 0.417. The van der Waals surface area contributed by atoms with Gasteiger partial charge in [0, 0.05) is 30.6 Å². The Bertz CT molecular complexity index is 1220. The van der Waals surface area contributed by atoms with Crippen molar-refractivity contribution < 1.29 is 13.9 Å².